The van der Waals surface area contributed by atoms with Crippen molar-refractivity contribution in [1.82, 2.24) is 0 Å². The van der Waals surface area contributed by atoms with Crippen LogP contribution in [0, 0.1) is 12.8 Å². The highest BCUT2D eigenvalue weighted by molar-refractivity contribution is 5.19. The Morgan fingerprint density at radius 1 is 1.44 bits per heavy atom. The highest BCUT2D eigenvalue weighted by Crippen LogP contribution is 2.41. The molecule has 3 atom stereocenters. The van der Waals surface area contributed by atoms with Crippen LogP contribution in [-0.2, 0) is 9.47 Å². The van der Waals surface area contributed by atoms with E-state index in [1.54, 1.807) is 6.26 Å². The van der Waals surface area contributed by atoms with Crippen LogP contribution in [0.5, 0.6) is 0 Å². The lowest BCUT2D eigenvalue weighted by molar-refractivity contribution is -0.117. The third kappa shape index (κ3) is 2.09. The normalized spacial score (nSPS) is 34.0. The van der Waals surface area contributed by atoms with E-state index >= 15 is 0 Å². The molecule has 1 N–H and O–H groups in total. The van der Waals surface area contributed by atoms with Crippen LogP contribution in [0.25, 0.3) is 0 Å². The largest absolute Gasteiger partial charge is 0.469 e. The van der Waals surface area contributed by atoms with Crippen LogP contribution >= 0.6 is 0 Å². The number of furan rings is 1. The predicted octanol–water partition coefficient (Wildman–Crippen LogP) is 2.21. The lowest BCUT2D eigenvalue weighted by Gasteiger charge is -2.38. The van der Waals surface area contributed by atoms with E-state index in [-0.39, 0.29) is 11.5 Å². The predicted molar refractivity (Wildman–Crippen MR) is 65.2 cm³/mol. The Hall–Kier alpha value is -0.840. The molecule has 1 aromatic heterocycles. The molecule has 2 aliphatic heterocycles. The van der Waals surface area contributed by atoms with Gasteiger partial charge in [0.05, 0.1) is 24.6 Å². The molecule has 1 aromatic rings. The van der Waals surface area contributed by atoms with Gasteiger partial charge in [-0.1, -0.05) is 0 Å². The standard InChI is InChI=1S/C14H20O4/c1-10-12(3-5-17-10)13(15)11-2-6-18-14(8-11)4-7-16-9-14/h3,5,11,13,15H,2,4,6-9H2,1H3. The molecule has 1 spiro atoms. The quantitative estimate of drug-likeness (QED) is 0.876. The molecule has 4 nitrogen and oxygen atoms in total. The summed E-state index contributed by atoms with van der Waals surface area (Å²) in [5.74, 6) is 1.04. The molecule has 2 aliphatic rings. The third-order valence-corrected chi connectivity index (χ3v) is 4.26. The fourth-order valence-corrected chi connectivity index (χ4v) is 3.15. The van der Waals surface area contributed by atoms with Gasteiger partial charge in [-0.3, -0.25) is 0 Å². The van der Waals surface area contributed by atoms with Gasteiger partial charge < -0.3 is 19.0 Å². The molecule has 0 aromatic carbocycles. The minimum atomic E-state index is -0.454. The molecular formula is C14H20O4. The smallest absolute Gasteiger partial charge is 0.106 e. The minimum Gasteiger partial charge on any atom is -0.469 e. The van der Waals surface area contributed by atoms with Gasteiger partial charge in [0.15, 0.2) is 0 Å². The van der Waals surface area contributed by atoms with Gasteiger partial charge in [-0.2, -0.15) is 0 Å². The second kappa shape index (κ2) is 4.68. The molecule has 0 saturated carbocycles. The van der Waals surface area contributed by atoms with Crippen molar-refractivity contribution in [2.75, 3.05) is 19.8 Å². The SMILES string of the molecule is Cc1occc1C(O)C1CCOC2(CCOC2)C1. The number of aliphatic hydroxyl groups is 1. The van der Waals surface area contributed by atoms with Gasteiger partial charge in [0.1, 0.15) is 5.76 Å². The molecule has 2 saturated heterocycles. The summed E-state index contributed by atoms with van der Waals surface area (Å²) in [6.07, 6.45) is 3.90. The van der Waals surface area contributed by atoms with E-state index < -0.39 is 6.10 Å². The summed E-state index contributed by atoms with van der Waals surface area (Å²) in [4.78, 5) is 0. The second-order valence-corrected chi connectivity index (χ2v) is 5.46. The first-order valence-electron chi connectivity index (χ1n) is 6.64. The van der Waals surface area contributed by atoms with E-state index in [1.807, 2.05) is 13.0 Å². The van der Waals surface area contributed by atoms with Crippen molar-refractivity contribution in [3.8, 4) is 0 Å². The molecule has 0 bridgehead atoms. The molecule has 100 valence electrons. The molecule has 3 unspecified atom stereocenters. The van der Waals surface area contributed by atoms with Crippen molar-refractivity contribution in [3.05, 3.63) is 23.7 Å². The zero-order valence-corrected chi connectivity index (χ0v) is 10.7. The average molecular weight is 252 g/mol. The summed E-state index contributed by atoms with van der Waals surface area (Å²) >= 11 is 0. The Labute approximate surface area is 107 Å². The van der Waals surface area contributed by atoms with Crippen molar-refractivity contribution in [3.63, 3.8) is 0 Å². The van der Waals surface area contributed by atoms with Crippen LogP contribution in [0.15, 0.2) is 16.7 Å². The molecule has 3 rings (SSSR count). The highest BCUT2D eigenvalue weighted by atomic mass is 16.6. The van der Waals surface area contributed by atoms with E-state index in [0.717, 1.165) is 37.2 Å². The van der Waals surface area contributed by atoms with Crippen molar-refractivity contribution in [2.24, 2.45) is 5.92 Å². The Kier molecular flexibility index (Phi) is 3.18. The molecule has 2 fully saturated rings. The Morgan fingerprint density at radius 3 is 3.00 bits per heavy atom. The first kappa shape index (κ1) is 12.2. The first-order valence-corrected chi connectivity index (χ1v) is 6.64. The number of hydrogen-bond acceptors (Lipinski definition) is 4. The van der Waals surface area contributed by atoms with Crippen LogP contribution in [-0.4, -0.2) is 30.5 Å². The van der Waals surface area contributed by atoms with Gasteiger partial charge >= 0.3 is 0 Å². The van der Waals surface area contributed by atoms with Gasteiger partial charge in [0.25, 0.3) is 0 Å². The molecular weight excluding hydrogens is 232 g/mol. The topological polar surface area (TPSA) is 51.8 Å². The van der Waals surface area contributed by atoms with Crippen LogP contribution in [0.4, 0.5) is 0 Å². The molecule has 3 heterocycles. The summed E-state index contributed by atoms with van der Waals surface area (Å²) in [5, 5.41) is 10.5. The van der Waals surface area contributed by atoms with Gasteiger partial charge in [0.2, 0.25) is 0 Å². The maximum Gasteiger partial charge on any atom is 0.106 e. The van der Waals surface area contributed by atoms with Crippen molar-refractivity contribution in [1.29, 1.82) is 0 Å². The van der Waals surface area contributed by atoms with E-state index in [9.17, 15) is 5.11 Å². The fourth-order valence-electron chi connectivity index (χ4n) is 3.15. The summed E-state index contributed by atoms with van der Waals surface area (Å²) < 4.78 is 16.6. The van der Waals surface area contributed by atoms with Crippen molar-refractivity contribution >= 4 is 0 Å². The maximum atomic E-state index is 10.5. The number of rotatable bonds is 2. The molecule has 0 radical (unpaired) electrons. The van der Waals surface area contributed by atoms with Gasteiger partial charge in [-0.25, -0.2) is 0 Å². The number of hydrogen-bond donors (Lipinski definition) is 1. The minimum absolute atomic E-state index is 0.151. The lowest BCUT2D eigenvalue weighted by Crippen LogP contribution is -2.41. The van der Waals surface area contributed by atoms with Gasteiger partial charge in [-0.05, 0) is 31.7 Å². The lowest BCUT2D eigenvalue weighted by atomic mass is 9.80. The Bertz CT molecular complexity index is 406. The number of aliphatic hydroxyl groups excluding tert-OH is 1. The van der Waals surface area contributed by atoms with Crippen LogP contribution in [0.2, 0.25) is 0 Å². The Morgan fingerprint density at radius 2 is 2.33 bits per heavy atom. The average Bonchev–Trinajstić information content (AvgIpc) is 2.98. The Balaban J connectivity index is 1.74. The monoisotopic (exact) mass is 252 g/mol. The zero-order chi connectivity index (χ0) is 12.6. The molecule has 18 heavy (non-hydrogen) atoms. The molecule has 0 aliphatic carbocycles. The summed E-state index contributed by atoms with van der Waals surface area (Å²) in [7, 11) is 0. The van der Waals surface area contributed by atoms with Gasteiger partial charge in [-0.15, -0.1) is 0 Å². The second-order valence-electron chi connectivity index (χ2n) is 5.46. The van der Waals surface area contributed by atoms with E-state index in [1.165, 1.54) is 0 Å². The first-order chi connectivity index (χ1) is 8.70. The highest BCUT2D eigenvalue weighted by Gasteiger charge is 2.43. The number of ether oxygens (including phenoxy) is 2. The summed E-state index contributed by atoms with van der Waals surface area (Å²) in [5.41, 5.74) is 0.762. The third-order valence-electron chi connectivity index (χ3n) is 4.26. The molecule has 4 heteroatoms. The fraction of sp³-hybridized carbons (Fsp3) is 0.714. The summed E-state index contributed by atoms with van der Waals surface area (Å²) in [6, 6.07) is 1.87. The zero-order valence-electron chi connectivity index (χ0n) is 10.7. The van der Waals surface area contributed by atoms with Crippen LogP contribution in [0.3, 0.4) is 0 Å². The van der Waals surface area contributed by atoms with Crippen molar-refractivity contribution < 1.29 is 19.0 Å². The van der Waals surface area contributed by atoms with E-state index in [2.05, 4.69) is 0 Å². The van der Waals surface area contributed by atoms with E-state index in [0.29, 0.717) is 13.2 Å². The van der Waals surface area contributed by atoms with Crippen molar-refractivity contribution in [2.45, 2.75) is 37.9 Å². The summed E-state index contributed by atoms with van der Waals surface area (Å²) in [6.45, 7) is 4.04. The maximum absolute atomic E-state index is 10.5. The van der Waals surface area contributed by atoms with Gasteiger partial charge in [0, 0.05) is 25.2 Å². The van der Waals surface area contributed by atoms with Crippen LogP contribution < -0.4 is 0 Å². The molecule has 0 amide bonds. The number of aryl methyl sites for hydroxylation is 1. The van der Waals surface area contributed by atoms with Crippen LogP contribution in [0.1, 0.15) is 36.7 Å². The van der Waals surface area contributed by atoms with E-state index in [4.69, 9.17) is 13.9 Å².